The van der Waals surface area contributed by atoms with Gasteiger partial charge in [0.2, 0.25) is 0 Å². The average Bonchev–Trinajstić information content (AvgIpc) is 3.61. The molecule has 8 nitrogen and oxygen atoms in total. The van der Waals surface area contributed by atoms with E-state index in [4.69, 9.17) is 14.5 Å². The van der Waals surface area contributed by atoms with E-state index in [1.807, 2.05) is 42.5 Å². The summed E-state index contributed by atoms with van der Waals surface area (Å²) in [5, 5.41) is 8.68. The molecule has 8 heteroatoms. The van der Waals surface area contributed by atoms with Crippen LogP contribution in [0.5, 0.6) is 17.2 Å². The van der Waals surface area contributed by atoms with Gasteiger partial charge in [-0.2, -0.15) is 5.10 Å². The van der Waals surface area contributed by atoms with Crippen molar-refractivity contribution in [3.05, 3.63) is 60.7 Å². The molecule has 0 unspecified atom stereocenters. The molecule has 0 amide bonds. The molecule has 39 heavy (non-hydrogen) atoms. The van der Waals surface area contributed by atoms with Crippen molar-refractivity contribution in [2.45, 2.75) is 38.1 Å². The Morgan fingerprint density at radius 1 is 0.846 bits per heavy atom. The normalized spacial score (nSPS) is 17.2. The lowest BCUT2D eigenvalue weighted by Crippen LogP contribution is -2.46. The van der Waals surface area contributed by atoms with E-state index >= 15 is 0 Å². The number of H-pyrrole nitrogens is 2. The maximum atomic E-state index is 6.15. The fourth-order valence-electron chi connectivity index (χ4n) is 6.15. The Bertz CT molecular complexity index is 1590. The molecule has 2 fully saturated rings. The number of benzene rings is 3. The topological polar surface area (TPSA) is 82.3 Å². The maximum Gasteiger partial charge on any atom is 0.169 e. The number of imidazole rings is 1. The molecular weight excluding hydrogens is 488 g/mol. The van der Waals surface area contributed by atoms with Crippen molar-refractivity contribution in [2.75, 3.05) is 38.2 Å². The largest absolute Gasteiger partial charge is 0.493 e. The first-order valence-electron chi connectivity index (χ1n) is 14.0. The van der Waals surface area contributed by atoms with Gasteiger partial charge >= 0.3 is 0 Å². The van der Waals surface area contributed by atoms with Crippen LogP contribution in [0.15, 0.2) is 60.7 Å². The highest BCUT2D eigenvalue weighted by Gasteiger charge is 2.26. The van der Waals surface area contributed by atoms with E-state index in [1.54, 1.807) is 7.11 Å². The summed E-state index contributed by atoms with van der Waals surface area (Å²) in [6.45, 7) is 4.77. The minimum atomic E-state index is 0.667. The Morgan fingerprint density at radius 2 is 1.67 bits per heavy atom. The van der Waals surface area contributed by atoms with Gasteiger partial charge in [-0.1, -0.05) is 18.6 Å². The van der Waals surface area contributed by atoms with Gasteiger partial charge in [-0.3, -0.25) is 5.10 Å². The third-order valence-corrected chi connectivity index (χ3v) is 8.26. The zero-order valence-corrected chi connectivity index (χ0v) is 22.3. The van der Waals surface area contributed by atoms with Gasteiger partial charge in [0, 0.05) is 30.2 Å². The molecule has 5 aromatic rings. The monoisotopic (exact) mass is 522 g/mol. The molecule has 0 radical (unpaired) electrons. The van der Waals surface area contributed by atoms with E-state index in [-0.39, 0.29) is 0 Å². The first-order valence-corrected chi connectivity index (χ1v) is 14.0. The maximum absolute atomic E-state index is 6.15. The van der Waals surface area contributed by atoms with E-state index in [1.165, 1.54) is 50.9 Å². The standard InChI is InChI=1S/C31H34N6O2/c1-38-28-7-3-4-8-29(28)39-23-10-12-25-24(20-23)30(35-34-25)31-32-26-11-9-22(19-27(26)33-31)37-17-13-21(14-18-37)36-15-5-2-6-16-36/h3-4,7-12,19-21H,2,5-6,13-18H2,1H3,(H,32,33)(H,34,35). The number of aromatic nitrogens is 4. The van der Waals surface area contributed by atoms with E-state index in [0.29, 0.717) is 17.2 Å². The molecule has 4 heterocycles. The van der Waals surface area contributed by atoms with Crippen molar-refractivity contribution in [3.63, 3.8) is 0 Å². The Balaban J connectivity index is 1.12. The zero-order valence-electron chi connectivity index (χ0n) is 22.3. The number of hydrogen-bond donors (Lipinski definition) is 2. The van der Waals surface area contributed by atoms with Crippen LogP contribution >= 0.6 is 0 Å². The van der Waals surface area contributed by atoms with Crippen molar-refractivity contribution in [1.82, 2.24) is 25.1 Å². The van der Waals surface area contributed by atoms with E-state index in [9.17, 15) is 0 Å². The summed E-state index contributed by atoms with van der Waals surface area (Å²) in [5.74, 6) is 2.81. The average molecular weight is 523 g/mol. The molecule has 7 rings (SSSR count). The minimum absolute atomic E-state index is 0.667. The van der Waals surface area contributed by atoms with Crippen LogP contribution in [0.25, 0.3) is 33.5 Å². The summed E-state index contributed by atoms with van der Waals surface area (Å²) in [7, 11) is 1.64. The number of likely N-dealkylation sites (tertiary alicyclic amines) is 1. The van der Waals surface area contributed by atoms with E-state index < -0.39 is 0 Å². The summed E-state index contributed by atoms with van der Waals surface area (Å²) >= 11 is 0. The van der Waals surface area contributed by atoms with Crippen molar-refractivity contribution in [1.29, 1.82) is 0 Å². The quantitative estimate of drug-likeness (QED) is 0.270. The van der Waals surface area contributed by atoms with Crippen molar-refractivity contribution >= 4 is 27.6 Å². The molecule has 2 aliphatic heterocycles. The lowest BCUT2D eigenvalue weighted by Gasteiger charge is -2.41. The van der Waals surface area contributed by atoms with Gasteiger partial charge in [0.25, 0.3) is 0 Å². The highest BCUT2D eigenvalue weighted by molar-refractivity contribution is 5.94. The fraction of sp³-hybridized carbons (Fsp3) is 0.355. The lowest BCUT2D eigenvalue weighted by atomic mass is 9.99. The first kappa shape index (κ1) is 24.0. The van der Waals surface area contributed by atoms with Crippen LogP contribution in [0, 0.1) is 0 Å². The summed E-state index contributed by atoms with van der Waals surface area (Å²) in [4.78, 5) is 13.7. The number of anilines is 1. The number of para-hydroxylation sites is 2. The van der Waals surface area contributed by atoms with Crippen LogP contribution in [0.2, 0.25) is 0 Å². The van der Waals surface area contributed by atoms with Crippen molar-refractivity contribution in [3.8, 4) is 28.8 Å². The Kier molecular flexibility index (Phi) is 6.32. The number of methoxy groups -OCH3 is 1. The highest BCUT2D eigenvalue weighted by atomic mass is 16.5. The van der Waals surface area contributed by atoms with Crippen LogP contribution in [0.3, 0.4) is 0 Å². The number of nitrogens with zero attached hydrogens (tertiary/aromatic N) is 4. The van der Waals surface area contributed by atoms with Crippen LogP contribution < -0.4 is 14.4 Å². The van der Waals surface area contributed by atoms with Gasteiger partial charge in [-0.05, 0) is 87.3 Å². The highest BCUT2D eigenvalue weighted by Crippen LogP contribution is 2.35. The fourth-order valence-corrected chi connectivity index (χ4v) is 6.15. The second-order valence-corrected chi connectivity index (χ2v) is 10.6. The number of piperidine rings is 2. The van der Waals surface area contributed by atoms with Gasteiger partial charge in [-0.15, -0.1) is 0 Å². The molecule has 0 atom stereocenters. The van der Waals surface area contributed by atoms with E-state index in [0.717, 1.165) is 52.6 Å². The van der Waals surface area contributed by atoms with Gasteiger partial charge in [-0.25, -0.2) is 4.98 Å². The van der Waals surface area contributed by atoms with Gasteiger partial charge in [0.15, 0.2) is 17.3 Å². The molecule has 0 bridgehead atoms. The minimum Gasteiger partial charge on any atom is -0.493 e. The van der Waals surface area contributed by atoms with E-state index in [2.05, 4.69) is 43.2 Å². The molecule has 0 spiro atoms. The molecule has 0 aliphatic carbocycles. The van der Waals surface area contributed by atoms with Crippen molar-refractivity contribution in [2.24, 2.45) is 0 Å². The smallest absolute Gasteiger partial charge is 0.169 e. The van der Waals surface area contributed by atoms with Crippen LogP contribution in [-0.2, 0) is 0 Å². The molecule has 0 saturated carbocycles. The molecule has 2 aliphatic rings. The molecule has 3 aromatic carbocycles. The molecule has 2 aromatic heterocycles. The Hall–Kier alpha value is -4.04. The third-order valence-electron chi connectivity index (χ3n) is 8.26. The summed E-state index contributed by atoms with van der Waals surface area (Å²) in [6, 6.07) is 20.8. The van der Waals surface area contributed by atoms with Gasteiger partial charge in [0.05, 0.1) is 23.7 Å². The first-order chi connectivity index (χ1) is 19.2. The molecule has 2 N–H and O–H groups in total. The van der Waals surface area contributed by atoms with Gasteiger partial charge < -0.3 is 24.3 Å². The third kappa shape index (κ3) is 4.69. The second-order valence-electron chi connectivity index (χ2n) is 10.6. The summed E-state index contributed by atoms with van der Waals surface area (Å²) in [5.41, 5.74) is 4.92. The van der Waals surface area contributed by atoms with Crippen molar-refractivity contribution < 1.29 is 9.47 Å². The SMILES string of the molecule is COc1ccccc1Oc1ccc2[nH]nc(-c3nc4ccc(N5CCC(N6CCCCC6)CC5)cc4[nH]3)c2c1. The summed E-state index contributed by atoms with van der Waals surface area (Å²) < 4.78 is 11.6. The second kappa shape index (κ2) is 10.3. The summed E-state index contributed by atoms with van der Waals surface area (Å²) in [6.07, 6.45) is 6.60. The number of rotatable bonds is 6. The number of hydrogen-bond acceptors (Lipinski definition) is 6. The zero-order chi connectivity index (χ0) is 26.2. The number of ether oxygens (including phenoxy) is 2. The van der Waals surface area contributed by atoms with Crippen LogP contribution in [0.1, 0.15) is 32.1 Å². The number of fused-ring (bicyclic) bond motifs is 2. The molecule has 2 saturated heterocycles. The van der Waals surface area contributed by atoms with Crippen LogP contribution in [-0.4, -0.2) is 64.4 Å². The van der Waals surface area contributed by atoms with Crippen LogP contribution in [0.4, 0.5) is 5.69 Å². The Morgan fingerprint density at radius 3 is 2.49 bits per heavy atom. The lowest BCUT2D eigenvalue weighted by molar-refractivity contribution is 0.141. The number of aromatic amines is 2. The molecular formula is C31H34N6O2. The Labute approximate surface area is 227 Å². The van der Waals surface area contributed by atoms with Gasteiger partial charge in [0.1, 0.15) is 11.4 Å². The predicted molar refractivity (Wildman–Crippen MR) is 155 cm³/mol. The predicted octanol–water partition coefficient (Wildman–Crippen LogP) is 6.36. The number of nitrogens with one attached hydrogen (secondary N) is 2. The molecule has 200 valence electrons.